The summed E-state index contributed by atoms with van der Waals surface area (Å²) in [5, 5.41) is 9.13. The molecular weight excluding hydrogens is 379 g/mol. The molecule has 5 nitrogen and oxygen atoms in total. The highest BCUT2D eigenvalue weighted by Gasteiger charge is 2.83. The first kappa shape index (κ1) is 24.0. The molecule has 0 aliphatic carbocycles. The summed E-state index contributed by atoms with van der Waals surface area (Å²) in [5.74, 6) is 0.0394. The molecule has 0 saturated heterocycles. The molecule has 0 amide bonds. The van der Waals surface area contributed by atoms with Crippen molar-refractivity contribution in [3.05, 3.63) is 0 Å². The number of hydrogen-bond donors (Lipinski definition) is 4. The molecule has 0 bridgehead atoms. The molecule has 0 unspecified atom stereocenters. The molecule has 0 aliphatic rings. The lowest BCUT2D eigenvalue weighted by Crippen LogP contribution is -2.47. The Balaban J connectivity index is 0. The number of rotatable bonds is 3. The highest BCUT2D eigenvalue weighted by Crippen LogP contribution is 2.74. The topological polar surface area (TPSA) is 99.2 Å². The first-order chi connectivity index (χ1) is 9.77. The van der Waals surface area contributed by atoms with Gasteiger partial charge in [-0.1, -0.05) is 0 Å². The van der Waals surface area contributed by atoms with Gasteiger partial charge in [0.1, 0.15) is 0 Å². The van der Waals surface area contributed by atoms with Crippen LogP contribution in [-0.2, 0) is 4.57 Å². The maximum absolute atomic E-state index is 12.1. The van der Waals surface area contributed by atoms with E-state index in [1.807, 2.05) is 6.92 Å². The van der Waals surface area contributed by atoms with Crippen molar-refractivity contribution >= 4 is 13.3 Å². The van der Waals surface area contributed by atoms with Gasteiger partial charge >= 0.3 is 31.0 Å². The van der Waals surface area contributed by atoms with E-state index in [1.54, 1.807) is 0 Å². The SMILES string of the molecule is CCNC(=N)N.O=P(O)(C(F)(F)C(F)(F)F)C(F)(F)C(F)(F)F. The van der Waals surface area contributed by atoms with Crippen LogP contribution in [0.4, 0.5) is 43.9 Å². The summed E-state index contributed by atoms with van der Waals surface area (Å²) in [5.41, 5.74) is -9.29. The van der Waals surface area contributed by atoms with Crippen molar-refractivity contribution in [2.75, 3.05) is 6.54 Å². The minimum Gasteiger partial charge on any atom is -0.370 e. The van der Waals surface area contributed by atoms with Crippen molar-refractivity contribution in [2.45, 2.75) is 30.6 Å². The Hall–Kier alpha value is -1.24. The molecule has 0 heterocycles. The third-order valence-corrected chi connectivity index (χ3v) is 3.84. The minimum atomic E-state index is -8.26. The number of nitrogens with two attached hydrogens (primary N) is 1. The Morgan fingerprint density at radius 1 is 1.00 bits per heavy atom. The van der Waals surface area contributed by atoms with Gasteiger partial charge in [0.15, 0.2) is 5.96 Å². The lowest BCUT2D eigenvalue weighted by Gasteiger charge is -2.30. The minimum absolute atomic E-state index is 0.0394. The zero-order valence-electron chi connectivity index (χ0n) is 10.9. The summed E-state index contributed by atoms with van der Waals surface area (Å²) in [6, 6.07) is 0. The molecule has 0 saturated carbocycles. The smallest absolute Gasteiger partial charge is 0.370 e. The number of nitrogens with one attached hydrogen (secondary N) is 2. The molecule has 16 heteroatoms. The normalized spacial score (nSPS) is 13.9. The zero-order chi connectivity index (χ0) is 19.5. The van der Waals surface area contributed by atoms with Crippen LogP contribution in [0.5, 0.6) is 0 Å². The summed E-state index contributed by atoms with van der Waals surface area (Å²) < 4.78 is 127. The van der Waals surface area contributed by atoms with E-state index >= 15 is 0 Å². The van der Waals surface area contributed by atoms with Gasteiger partial charge in [-0.3, -0.25) is 9.97 Å². The molecular formula is C7H10F10N3O2P. The molecule has 5 N–H and O–H groups in total. The number of hydrogen-bond acceptors (Lipinski definition) is 2. The van der Waals surface area contributed by atoms with Gasteiger partial charge < -0.3 is 15.9 Å². The maximum atomic E-state index is 12.1. The van der Waals surface area contributed by atoms with Gasteiger partial charge in [0, 0.05) is 6.54 Å². The van der Waals surface area contributed by atoms with Gasteiger partial charge in [-0.05, 0) is 6.92 Å². The fourth-order valence-electron chi connectivity index (χ4n) is 0.710. The van der Waals surface area contributed by atoms with Crippen LogP contribution < -0.4 is 11.1 Å². The van der Waals surface area contributed by atoms with E-state index in [-0.39, 0.29) is 5.96 Å². The van der Waals surface area contributed by atoms with E-state index in [0.29, 0.717) is 0 Å². The van der Waals surface area contributed by atoms with Crippen molar-refractivity contribution < 1.29 is 53.4 Å². The number of halogens is 10. The van der Waals surface area contributed by atoms with Crippen molar-refractivity contribution in [1.29, 1.82) is 5.41 Å². The summed E-state index contributed by atoms with van der Waals surface area (Å²) in [6.45, 7) is 2.62. The Morgan fingerprint density at radius 2 is 1.26 bits per heavy atom. The van der Waals surface area contributed by atoms with Crippen LogP contribution >= 0.6 is 7.37 Å². The third-order valence-electron chi connectivity index (χ3n) is 1.81. The Morgan fingerprint density at radius 3 is 1.35 bits per heavy atom. The van der Waals surface area contributed by atoms with Crippen molar-refractivity contribution in [1.82, 2.24) is 5.32 Å². The standard InChI is InChI=1S/C4HF10O2P.C3H9N3/c5-1(6,7)3(11,12)17(15,16)4(13,14)2(8,9)10;1-2-6-3(4)5/h(H,15,16);2H2,1H3,(H4,4,5,6). The molecule has 0 atom stereocenters. The Labute approximate surface area is 121 Å². The van der Waals surface area contributed by atoms with Crippen LogP contribution in [0.2, 0.25) is 0 Å². The second-order valence-corrected chi connectivity index (χ2v) is 5.87. The van der Waals surface area contributed by atoms with Gasteiger partial charge in [-0.25, -0.2) is 0 Å². The molecule has 140 valence electrons. The van der Waals surface area contributed by atoms with Gasteiger partial charge in [0.25, 0.3) is 0 Å². The predicted octanol–water partition coefficient (Wildman–Crippen LogP) is 3.06. The summed E-state index contributed by atoms with van der Waals surface area (Å²) in [6.07, 6.45) is -14.0. The van der Waals surface area contributed by atoms with Gasteiger partial charge in [-0.15, -0.1) is 0 Å². The number of guanidine groups is 1. The summed E-state index contributed by atoms with van der Waals surface area (Å²) in [7, 11) is -8.26. The van der Waals surface area contributed by atoms with Crippen LogP contribution in [0.1, 0.15) is 6.92 Å². The molecule has 0 fully saturated rings. The first-order valence-corrected chi connectivity index (χ1v) is 6.73. The molecule has 23 heavy (non-hydrogen) atoms. The van der Waals surface area contributed by atoms with E-state index in [9.17, 15) is 48.5 Å². The van der Waals surface area contributed by atoms with Gasteiger partial charge in [-0.2, -0.15) is 43.9 Å². The van der Waals surface area contributed by atoms with Crippen LogP contribution in [0.3, 0.4) is 0 Å². The molecule has 0 spiro atoms. The fraction of sp³-hybridized carbons (Fsp3) is 0.857. The Bertz CT molecular complexity index is 430. The van der Waals surface area contributed by atoms with Crippen molar-refractivity contribution in [3.8, 4) is 0 Å². The highest BCUT2D eigenvalue weighted by molar-refractivity contribution is 7.60. The van der Waals surface area contributed by atoms with E-state index in [4.69, 9.17) is 16.0 Å². The van der Waals surface area contributed by atoms with Crippen molar-refractivity contribution in [2.24, 2.45) is 5.73 Å². The van der Waals surface area contributed by atoms with E-state index in [1.165, 1.54) is 0 Å². The molecule has 0 aromatic heterocycles. The quantitative estimate of drug-likeness (QED) is 0.258. The third kappa shape index (κ3) is 5.12. The zero-order valence-corrected chi connectivity index (χ0v) is 11.8. The maximum Gasteiger partial charge on any atom is 0.463 e. The molecule has 0 aromatic rings. The molecule has 0 rings (SSSR count). The summed E-state index contributed by atoms with van der Waals surface area (Å²) >= 11 is 0. The fourth-order valence-corrected chi connectivity index (χ4v) is 1.75. The molecule has 0 radical (unpaired) electrons. The predicted molar refractivity (Wildman–Crippen MR) is 57.4 cm³/mol. The van der Waals surface area contributed by atoms with E-state index < -0.39 is 31.0 Å². The first-order valence-electron chi connectivity index (χ1n) is 5.07. The summed E-state index contributed by atoms with van der Waals surface area (Å²) in [4.78, 5) is 7.86. The van der Waals surface area contributed by atoms with Gasteiger partial charge in [0.05, 0.1) is 0 Å². The lowest BCUT2D eigenvalue weighted by molar-refractivity contribution is -0.270. The average Bonchev–Trinajstić information content (AvgIpc) is 2.25. The van der Waals surface area contributed by atoms with E-state index in [2.05, 4.69) is 5.32 Å². The van der Waals surface area contributed by atoms with Gasteiger partial charge in [0.2, 0.25) is 0 Å². The second kappa shape index (κ2) is 7.11. The number of alkyl halides is 10. The van der Waals surface area contributed by atoms with Crippen molar-refractivity contribution in [3.63, 3.8) is 0 Å². The second-order valence-electron chi connectivity index (χ2n) is 3.60. The van der Waals surface area contributed by atoms with Crippen LogP contribution in [0.15, 0.2) is 0 Å². The Kier molecular flexibility index (Phi) is 7.43. The molecule has 0 aliphatic heterocycles. The largest absolute Gasteiger partial charge is 0.463 e. The van der Waals surface area contributed by atoms with E-state index in [0.717, 1.165) is 6.54 Å². The molecule has 0 aromatic carbocycles. The monoisotopic (exact) mass is 389 g/mol. The van der Waals surface area contributed by atoms with Crippen LogP contribution in [-0.4, -0.2) is 41.1 Å². The lowest BCUT2D eigenvalue weighted by atomic mass is 10.7. The average molecular weight is 389 g/mol. The van der Waals surface area contributed by atoms with Crippen LogP contribution in [0, 0.1) is 5.41 Å². The van der Waals surface area contributed by atoms with Crippen LogP contribution in [0.25, 0.3) is 0 Å². The highest BCUT2D eigenvalue weighted by atomic mass is 31.2.